The molecule has 0 saturated heterocycles. The maximum absolute atomic E-state index is 4.42. The molecule has 0 radical (unpaired) electrons. The lowest BCUT2D eigenvalue weighted by Gasteiger charge is -2.20. The molecule has 0 bridgehead atoms. The average molecular weight is 428 g/mol. The fraction of sp³-hybridized carbons (Fsp3) is 0.379. The molecule has 1 atom stereocenters. The van der Waals surface area contributed by atoms with Crippen molar-refractivity contribution < 1.29 is 0 Å². The number of rotatable bonds is 11. The highest BCUT2D eigenvalue weighted by atomic mass is 15.1. The molecule has 0 N–H and O–H groups in total. The summed E-state index contributed by atoms with van der Waals surface area (Å²) in [4.78, 5) is 2.32. The van der Waals surface area contributed by atoms with Crippen LogP contribution in [-0.4, -0.2) is 13.1 Å². The fourth-order valence-electron chi connectivity index (χ4n) is 4.00. The summed E-state index contributed by atoms with van der Waals surface area (Å²) in [5.41, 5.74) is 7.16. The van der Waals surface area contributed by atoms with Crippen LogP contribution in [0, 0.1) is 0 Å². The van der Waals surface area contributed by atoms with E-state index in [1.165, 1.54) is 41.6 Å². The van der Waals surface area contributed by atoms with E-state index in [4.69, 9.17) is 0 Å². The summed E-state index contributed by atoms with van der Waals surface area (Å²) >= 11 is 0. The van der Waals surface area contributed by atoms with Crippen LogP contribution in [0.15, 0.2) is 83.0 Å². The highest BCUT2D eigenvalue weighted by Gasteiger charge is 2.07. The molecule has 0 aliphatic rings. The van der Waals surface area contributed by atoms with Crippen molar-refractivity contribution in [3.05, 3.63) is 89.5 Å². The van der Waals surface area contributed by atoms with Crippen molar-refractivity contribution in [1.82, 2.24) is 0 Å². The van der Waals surface area contributed by atoms with E-state index in [-0.39, 0.29) is 0 Å². The topological polar surface area (TPSA) is 28.0 Å². The van der Waals surface area contributed by atoms with Gasteiger partial charge in [0.1, 0.15) is 0 Å². The Bertz CT molecular complexity index is 953. The van der Waals surface area contributed by atoms with Crippen LogP contribution in [0.1, 0.15) is 63.1 Å². The maximum atomic E-state index is 4.42. The molecule has 0 fully saturated rings. The van der Waals surface area contributed by atoms with Gasteiger partial charge in [0.2, 0.25) is 0 Å². The highest BCUT2D eigenvalue weighted by Crippen LogP contribution is 2.25. The number of benzene rings is 3. The number of azo groups is 1. The molecule has 3 aromatic rings. The van der Waals surface area contributed by atoms with Gasteiger partial charge in [-0.1, -0.05) is 56.7 Å². The molecule has 3 heteroatoms. The molecule has 0 saturated carbocycles. The van der Waals surface area contributed by atoms with Crippen molar-refractivity contribution in [2.75, 3.05) is 18.0 Å². The lowest BCUT2D eigenvalue weighted by molar-refractivity contribution is 0.755. The van der Waals surface area contributed by atoms with Crippen molar-refractivity contribution in [3.8, 4) is 0 Å². The summed E-state index contributed by atoms with van der Waals surface area (Å²) in [5, 5.41) is 8.82. The molecule has 168 valence electrons. The number of anilines is 1. The van der Waals surface area contributed by atoms with Crippen LogP contribution in [0.3, 0.4) is 0 Å². The minimum atomic E-state index is 0.493. The van der Waals surface area contributed by atoms with Gasteiger partial charge in [0.15, 0.2) is 0 Å². The molecule has 0 amide bonds. The van der Waals surface area contributed by atoms with Gasteiger partial charge in [-0.2, -0.15) is 10.2 Å². The van der Waals surface area contributed by atoms with E-state index in [0.29, 0.717) is 5.92 Å². The highest BCUT2D eigenvalue weighted by molar-refractivity contribution is 5.52. The summed E-state index contributed by atoms with van der Waals surface area (Å²) < 4.78 is 0. The molecule has 0 aromatic heterocycles. The van der Waals surface area contributed by atoms with E-state index in [0.717, 1.165) is 30.9 Å². The predicted molar refractivity (Wildman–Crippen MR) is 138 cm³/mol. The average Bonchev–Trinajstić information content (AvgIpc) is 2.84. The van der Waals surface area contributed by atoms with E-state index < -0.39 is 0 Å². The zero-order chi connectivity index (χ0) is 22.8. The van der Waals surface area contributed by atoms with Crippen molar-refractivity contribution >= 4 is 17.1 Å². The molecule has 1 unspecified atom stereocenters. The SMILES string of the molecule is CCCCc1ccc(C(C)Cc2ccc(/N=N/c3ccc(N(CC)CC)cc3)cc2)cc1. The smallest absolute Gasteiger partial charge is 0.0858 e. The Balaban J connectivity index is 1.56. The Morgan fingerprint density at radius 1 is 0.688 bits per heavy atom. The summed E-state index contributed by atoms with van der Waals surface area (Å²) in [7, 11) is 0. The Morgan fingerprint density at radius 3 is 1.75 bits per heavy atom. The van der Waals surface area contributed by atoms with Gasteiger partial charge in [-0.15, -0.1) is 0 Å². The molecule has 3 nitrogen and oxygen atoms in total. The maximum Gasteiger partial charge on any atom is 0.0858 e. The number of aryl methyl sites for hydroxylation is 1. The van der Waals surface area contributed by atoms with E-state index in [2.05, 4.69) is 103 Å². The lowest BCUT2D eigenvalue weighted by Crippen LogP contribution is -2.21. The fourth-order valence-corrected chi connectivity index (χ4v) is 4.00. The first kappa shape index (κ1) is 23.7. The van der Waals surface area contributed by atoms with Crippen molar-refractivity contribution in [2.24, 2.45) is 10.2 Å². The molecule has 0 heterocycles. The Labute approximate surface area is 194 Å². The van der Waals surface area contributed by atoms with Crippen LogP contribution < -0.4 is 4.90 Å². The van der Waals surface area contributed by atoms with Gasteiger partial charge in [-0.25, -0.2) is 0 Å². The summed E-state index contributed by atoms with van der Waals surface area (Å²) in [6, 6.07) is 25.9. The molecular weight excluding hydrogens is 390 g/mol. The lowest BCUT2D eigenvalue weighted by atomic mass is 9.92. The first-order valence-electron chi connectivity index (χ1n) is 12.1. The second-order valence-electron chi connectivity index (χ2n) is 8.51. The molecule has 0 aliphatic heterocycles. The van der Waals surface area contributed by atoms with E-state index in [1.807, 2.05) is 12.1 Å². The van der Waals surface area contributed by atoms with Gasteiger partial charge < -0.3 is 4.90 Å². The van der Waals surface area contributed by atoms with Gasteiger partial charge in [-0.05, 0) is 92.1 Å². The number of hydrogen-bond acceptors (Lipinski definition) is 3. The van der Waals surface area contributed by atoms with E-state index >= 15 is 0 Å². The molecule has 32 heavy (non-hydrogen) atoms. The number of hydrogen-bond donors (Lipinski definition) is 0. The van der Waals surface area contributed by atoms with Crippen LogP contribution >= 0.6 is 0 Å². The minimum Gasteiger partial charge on any atom is -0.372 e. The molecule has 3 rings (SSSR count). The number of unbranched alkanes of at least 4 members (excludes halogenated alkanes) is 1. The molecular formula is C29H37N3. The van der Waals surface area contributed by atoms with Crippen LogP contribution in [0.5, 0.6) is 0 Å². The van der Waals surface area contributed by atoms with Crippen LogP contribution in [0.2, 0.25) is 0 Å². The standard InChI is InChI=1S/C29H37N3/c1-5-8-9-24-10-14-26(15-11-24)23(4)22-25-12-16-27(17-13-25)30-31-28-18-20-29(21-19-28)32(6-2)7-3/h10-21,23H,5-9,22H2,1-4H3/b31-30+. The Morgan fingerprint density at radius 2 is 1.22 bits per heavy atom. The Hall–Kier alpha value is -2.94. The second kappa shape index (κ2) is 12.2. The zero-order valence-electron chi connectivity index (χ0n) is 20.1. The first-order chi connectivity index (χ1) is 15.6. The quantitative estimate of drug-likeness (QED) is 0.281. The van der Waals surface area contributed by atoms with Crippen LogP contribution in [-0.2, 0) is 12.8 Å². The zero-order valence-corrected chi connectivity index (χ0v) is 20.1. The minimum absolute atomic E-state index is 0.493. The van der Waals surface area contributed by atoms with Gasteiger partial charge in [0.05, 0.1) is 11.4 Å². The molecule has 3 aromatic carbocycles. The van der Waals surface area contributed by atoms with E-state index in [1.54, 1.807) is 0 Å². The normalized spacial score (nSPS) is 12.2. The van der Waals surface area contributed by atoms with Crippen LogP contribution in [0.25, 0.3) is 0 Å². The van der Waals surface area contributed by atoms with Gasteiger partial charge in [0.25, 0.3) is 0 Å². The Kier molecular flexibility index (Phi) is 9.03. The van der Waals surface area contributed by atoms with Gasteiger partial charge in [-0.3, -0.25) is 0 Å². The largest absolute Gasteiger partial charge is 0.372 e. The summed E-state index contributed by atoms with van der Waals surface area (Å²) in [6.45, 7) is 10.9. The van der Waals surface area contributed by atoms with Crippen molar-refractivity contribution in [2.45, 2.75) is 59.3 Å². The molecule has 0 aliphatic carbocycles. The van der Waals surface area contributed by atoms with Crippen LogP contribution in [0.4, 0.5) is 17.1 Å². The molecule has 0 spiro atoms. The third-order valence-electron chi connectivity index (χ3n) is 6.11. The van der Waals surface area contributed by atoms with Crippen molar-refractivity contribution in [1.29, 1.82) is 0 Å². The first-order valence-corrected chi connectivity index (χ1v) is 12.1. The third-order valence-corrected chi connectivity index (χ3v) is 6.11. The van der Waals surface area contributed by atoms with Gasteiger partial charge >= 0.3 is 0 Å². The predicted octanol–water partition coefficient (Wildman–Crippen LogP) is 8.64. The summed E-state index contributed by atoms with van der Waals surface area (Å²) in [5.74, 6) is 0.493. The second-order valence-corrected chi connectivity index (χ2v) is 8.51. The number of nitrogens with zero attached hydrogens (tertiary/aromatic N) is 3. The monoisotopic (exact) mass is 427 g/mol. The van der Waals surface area contributed by atoms with Crippen molar-refractivity contribution in [3.63, 3.8) is 0 Å². The van der Waals surface area contributed by atoms with Gasteiger partial charge in [0, 0.05) is 18.8 Å². The van der Waals surface area contributed by atoms with E-state index in [9.17, 15) is 0 Å². The third kappa shape index (κ3) is 6.78. The summed E-state index contributed by atoms with van der Waals surface area (Å²) in [6.07, 6.45) is 4.72.